The van der Waals surface area contributed by atoms with E-state index in [1.54, 1.807) is 0 Å². The van der Waals surface area contributed by atoms with Gasteiger partial charge in [0.25, 0.3) is 6.71 Å². The number of hydrogen-bond donors (Lipinski definition) is 0. The second-order valence-electron chi connectivity index (χ2n) is 31.2. The molecule has 1 fully saturated rings. The van der Waals surface area contributed by atoms with Crippen molar-refractivity contribution >= 4 is 68.6 Å². The predicted molar refractivity (Wildman–Crippen MR) is 357 cm³/mol. The molecular weight excluding hydrogens is 1000 g/mol. The highest BCUT2D eigenvalue weighted by molar-refractivity contribution is 7.00. The monoisotopic (exact) mass is 1090 g/mol. The Morgan fingerprint density at radius 3 is 1.55 bits per heavy atom. The Balaban J connectivity index is 1.17. The number of rotatable bonds is 4. The first-order valence-electron chi connectivity index (χ1n) is 31.5. The first-order chi connectivity index (χ1) is 39.1. The van der Waals surface area contributed by atoms with Gasteiger partial charge in [-0.15, -0.1) is 0 Å². The third kappa shape index (κ3) is 7.61. The van der Waals surface area contributed by atoms with Crippen molar-refractivity contribution in [2.24, 2.45) is 0 Å². The lowest BCUT2D eigenvalue weighted by Gasteiger charge is -2.51. The van der Waals surface area contributed by atoms with Crippen molar-refractivity contribution in [2.45, 2.75) is 200 Å². The van der Waals surface area contributed by atoms with Crippen LogP contribution >= 0.6 is 0 Å². The normalized spacial score (nSPS) is 21.9. The van der Waals surface area contributed by atoms with Crippen LogP contribution in [0.15, 0.2) is 152 Å². The topological polar surface area (TPSA) is 9.72 Å². The average molecular weight is 1090 g/mol. The van der Waals surface area contributed by atoms with E-state index in [0.29, 0.717) is 0 Å². The number of fused-ring (bicyclic) bond motifs is 10. The van der Waals surface area contributed by atoms with Crippen molar-refractivity contribution in [3.8, 4) is 11.1 Å². The molecule has 0 saturated heterocycles. The summed E-state index contributed by atoms with van der Waals surface area (Å²) in [5, 5.41) is 0. The van der Waals surface area contributed by atoms with Gasteiger partial charge < -0.3 is 14.7 Å². The van der Waals surface area contributed by atoms with E-state index >= 15 is 0 Å². The fourth-order valence-corrected chi connectivity index (χ4v) is 17.1. The van der Waals surface area contributed by atoms with Gasteiger partial charge in [0.15, 0.2) is 0 Å². The van der Waals surface area contributed by atoms with E-state index in [2.05, 4.69) is 284 Å². The summed E-state index contributed by atoms with van der Waals surface area (Å²) in [5.41, 5.74) is 30.3. The van der Waals surface area contributed by atoms with Gasteiger partial charge in [0, 0.05) is 61.6 Å². The van der Waals surface area contributed by atoms with Gasteiger partial charge in [0.2, 0.25) is 0 Å². The Hall–Kier alpha value is -6.78. The summed E-state index contributed by atoms with van der Waals surface area (Å²) >= 11 is 0. The van der Waals surface area contributed by atoms with Crippen LogP contribution in [0.25, 0.3) is 11.1 Å². The molecule has 0 bridgehead atoms. The second-order valence-corrected chi connectivity index (χ2v) is 31.2. The number of para-hydroxylation sites is 1. The van der Waals surface area contributed by atoms with Crippen LogP contribution in [0.1, 0.15) is 205 Å². The molecule has 0 amide bonds. The number of nitrogens with zero attached hydrogens (tertiary/aromatic N) is 3. The van der Waals surface area contributed by atoms with Gasteiger partial charge in [-0.25, -0.2) is 0 Å². The summed E-state index contributed by atoms with van der Waals surface area (Å²) in [7, 11) is 0. The zero-order valence-electron chi connectivity index (χ0n) is 53.1. The van der Waals surface area contributed by atoms with Gasteiger partial charge in [-0.3, -0.25) is 0 Å². The third-order valence-corrected chi connectivity index (χ3v) is 22.5. The fourth-order valence-electron chi connectivity index (χ4n) is 17.1. The second kappa shape index (κ2) is 17.7. The summed E-state index contributed by atoms with van der Waals surface area (Å²) in [6.45, 7) is 41.7. The SMILES string of the molecule is Cc1cc2c(cc1N1c3cc(C(C)(C)C)ccc3B3c4cc5c(cc4N(c4ccc(C(C)(C)C)cc4-c4ccccc4)c4cc(N6c7ccccc7C7(C)CCCCC67C)cc1c43)C(C)(C)c1ccccc1C5(C)C)C(C)(C)CCC2(C)C. The van der Waals surface area contributed by atoms with Gasteiger partial charge in [-0.2, -0.15) is 0 Å². The summed E-state index contributed by atoms with van der Waals surface area (Å²) in [5.74, 6) is 0. The van der Waals surface area contributed by atoms with E-state index in [4.69, 9.17) is 0 Å². The molecule has 14 rings (SSSR count). The maximum atomic E-state index is 2.85. The van der Waals surface area contributed by atoms with Gasteiger partial charge in [0.05, 0.1) is 11.2 Å². The minimum absolute atomic E-state index is 0.0172. The summed E-state index contributed by atoms with van der Waals surface area (Å²) in [4.78, 5) is 8.41. The molecule has 8 aromatic rings. The molecule has 1 saturated carbocycles. The standard InChI is InChI=1S/C79H88BN3/c1-49-41-58-59(75(10,11)40-39-74(58,8)9)47-66(49)82-67-43-52(73(5,6)7)33-35-62(67)80-63-46-60-61(77(14,15)56-30-22-21-29-55(56)76(60,12)13)48-68(63)81(64-36-34-51(72(2,3)4)42-54(64)50-27-19-18-20-28-50)69-44-53(45-70(82)71(69)80)83-65-32-24-23-31-57(65)78(16)37-25-26-38-79(78,83)17/h18-24,27-36,41-48H,25-26,37-40H2,1-17H3. The van der Waals surface area contributed by atoms with Crippen LogP contribution in [0.3, 0.4) is 0 Å². The van der Waals surface area contributed by atoms with E-state index in [-0.39, 0.29) is 50.2 Å². The number of aryl methyl sites for hydroxylation is 1. The van der Waals surface area contributed by atoms with E-state index in [9.17, 15) is 0 Å². The number of hydrogen-bond acceptors (Lipinski definition) is 3. The molecule has 2 atom stereocenters. The number of anilines is 8. The Bertz CT molecular complexity index is 4030. The average Bonchev–Trinajstić information content (AvgIpc) is 2.71. The van der Waals surface area contributed by atoms with Crippen LogP contribution in [0, 0.1) is 6.92 Å². The number of benzene rings is 8. The molecule has 3 nitrogen and oxygen atoms in total. The van der Waals surface area contributed by atoms with Crippen molar-refractivity contribution in [3.05, 3.63) is 207 Å². The Morgan fingerprint density at radius 1 is 0.398 bits per heavy atom. The highest BCUT2D eigenvalue weighted by Crippen LogP contribution is 2.63. The zero-order chi connectivity index (χ0) is 58.5. The molecule has 3 aliphatic carbocycles. The molecule has 0 aromatic heterocycles. The van der Waals surface area contributed by atoms with Crippen LogP contribution in [0.2, 0.25) is 0 Å². The minimum atomic E-state index is -0.262. The first kappa shape index (κ1) is 54.2. The Kier molecular flexibility index (Phi) is 11.5. The molecule has 2 unspecified atom stereocenters. The molecular formula is C79H88BN3. The lowest BCUT2D eigenvalue weighted by molar-refractivity contribution is 0.195. The lowest BCUT2D eigenvalue weighted by Crippen LogP contribution is -2.62. The molecule has 8 aromatic carbocycles. The Labute approximate surface area is 498 Å². The van der Waals surface area contributed by atoms with Crippen molar-refractivity contribution in [1.29, 1.82) is 0 Å². The predicted octanol–water partition coefficient (Wildman–Crippen LogP) is 19.4. The van der Waals surface area contributed by atoms with Crippen molar-refractivity contribution < 1.29 is 0 Å². The molecule has 3 heterocycles. The largest absolute Gasteiger partial charge is 0.334 e. The van der Waals surface area contributed by atoms with Crippen LogP contribution in [0.4, 0.5) is 45.5 Å². The summed E-state index contributed by atoms with van der Waals surface area (Å²) in [6.07, 6.45) is 7.10. The molecule has 3 aliphatic heterocycles. The molecule has 83 heavy (non-hydrogen) atoms. The molecule has 4 heteroatoms. The van der Waals surface area contributed by atoms with Crippen molar-refractivity contribution in [2.75, 3.05) is 14.7 Å². The summed E-state index contributed by atoms with van der Waals surface area (Å²) < 4.78 is 0. The van der Waals surface area contributed by atoms with Crippen LogP contribution < -0.4 is 31.1 Å². The van der Waals surface area contributed by atoms with Gasteiger partial charge in [-0.1, -0.05) is 220 Å². The smallest absolute Gasteiger partial charge is 0.252 e. The quantitative estimate of drug-likeness (QED) is 0.163. The third-order valence-electron chi connectivity index (χ3n) is 22.5. The van der Waals surface area contributed by atoms with E-state index in [1.807, 2.05) is 0 Å². The zero-order valence-corrected chi connectivity index (χ0v) is 53.1. The molecule has 0 N–H and O–H groups in total. The molecule has 6 aliphatic rings. The summed E-state index contributed by atoms with van der Waals surface area (Å²) in [6, 6.07) is 61.2. The molecule has 0 spiro atoms. The van der Waals surface area contributed by atoms with E-state index in [1.165, 1.54) is 154 Å². The van der Waals surface area contributed by atoms with E-state index < -0.39 is 0 Å². The van der Waals surface area contributed by atoms with Crippen LogP contribution in [-0.4, -0.2) is 12.3 Å². The van der Waals surface area contributed by atoms with Crippen molar-refractivity contribution in [3.63, 3.8) is 0 Å². The maximum absolute atomic E-state index is 2.85. The minimum Gasteiger partial charge on any atom is -0.334 e. The van der Waals surface area contributed by atoms with Gasteiger partial charge in [0.1, 0.15) is 0 Å². The lowest BCUT2D eigenvalue weighted by atomic mass is 9.33. The highest BCUT2D eigenvalue weighted by Gasteiger charge is 2.58. The van der Waals surface area contributed by atoms with Crippen LogP contribution in [0.5, 0.6) is 0 Å². The molecule has 422 valence electrons. The van der Waals surface area contributed by atoms with Crippen LogP contribution in [-0.2, 0) is 37.9 Å². The molecule has 0 radical (unpaired) electrons. The Morgan fingerprint density at radius 2 is 0.916 bits per heavy atom. The first-order valence-corrected chi connectivity index (χ1v) is 31.5. The van der Waals surface area contributed by atoms with E-state index in [0.717, 1.165) is 12.8 Å². The fraction of sp³-hybridized carbons (Fsp3) is 0.392. The maximum Gasteiger partial charge on any atom is 0.252 e. The highest BCUT2D eigenvalue weighted by atomic mass is 15.3. The van der Waals surface area contributed by atoms with Crippen molar-refractivity contribution in [1.82, 2.24) is 0 Å². The van der Waals surface area contributed by atoms with Gasteiger partial charge in [-0.05, 0) is 187 Å². The van der Waals surface area contributed by atoms with Gasteiger partial charge >= 0.3 is 0 Å².